The first kappa shape index (κ1) is 42.5. The highest BCUT2D eigenvalue weighted by Crippen LogP contribution is 2.40. The average Bonchev–Trinajstić information content (AvgIpc) is 3.17. The van der Waals surface area contributed by atoms with Gasteiger partial charge in [0.25, 0.3) is 0 Å². The molecule has 282 valence electrons. The van der Waals surface area contributed by atoms with Gasteiger partial charge in [-0.2, -0.15) is 0 Å². The van der Waals surface area contributed by atoms with Crippen LogP contribution in [0.25, 0.3) is 0 Å². The monoisotopic (exact) mass is 698 g/mol. The second-order valence-corrected chi connectivity index (χ2v) is 14.5. The molecule has 0 aliphatic carbocycles. The first-order chi connectivity index (χ1) is 25.2. The lowest BCUT2D eigenvalue weighted by Gasteiger charge is -2.37. The maximum atomic E-state index is 13.0. The summed E-state index contributed by atoms with van der Waals surface area (Å²) in [5.74, 6) is 0.114. The standard InChI is InChI=1S/C47H71NO3/c1-3-5-7-9-11-13-14-15-17-19-30-38-46(49)48-40-45(50-39-31-20-18-16-12-10-8-6-4-2)41-51-47(42-32-24-21-25-33-42,43-34-26-22-27-35-43)44-36-28-23-29-37-44/h21-29,32-37,45H,3-20,30-31,38-41H2,1-2H3,(H,48,49). The average molecular weight is 698 g/mol. The lowest BCUT2D eigenvalue weighted by Crippen LogP contribution is -2.41. The van der Waals surface area contributed by atoms with Gasteiger partial charge in [0.05, 0.1) is 12.7 Å². The van der Waals surface area contributed by atoms with Crippen LogP contribution in [0.4, 0.5) is 0 Å². The van der Waals surface area contributed by atoms with Crippen LogP contribution >= 0.6 is 0 Å². The second kappa shape index (κ2) is 27.7. The van der Waals surface area contributed by atoms with Gasteiger partial charge in [-0.3, -0.25) is 4.79 Å². The molecule has 1 N–H and O–H groups in total. The van der Waals surface area contributed by atoms with E-state index < -0.39 is 5.60 Å². The highest BCUT2D eigenvalue weighted by Gasteiger charge is 2.38. The summed E-state index contributed by atoms with van der Waals surface area (Å²) in [7, 11) is 0. The molecule has 4 nitrogen and oxygen atoms in total. The number of hydrogen-bond donors (Lipinski definition) is 1. The summed E-state index contributed by atoms with van der Waals surface area (Å²) < 4.78 is 13.6. The van der Waals surface area contributed by atoms with Crippen LogP contribution in [0, 0.1) is 0 Å². The lowest BCUT2D eigenvalue weighted by atomic mass is 9.80. The van der Waals surface area contributed by atoms with E-state index in [2.05, 4.69) is 92.0 Å². The molecule has 1 unspecified atom stereocenters. The van der Waals surface area contributed by atoms with E-state index in [4.69, 9.17) is 9.47 Å². The number of rotatable bonds is 31. The van der Waals surface area contributed by atoms with E-state index in [1.165, 1.54) is 109 Å². The van der Waals surface area contributed by atoms with E-state index in [9.17, 15) is 4.79 Å². The molecule has 3 aromatic rings. The molecular formula is C47H71NO3. The molecule has 0 saturated carbocycles. The molecule has 51 heavy (non-hydrogen) atoms. The first-order valence-corrected chi connectivity index (χ1v) is 20.9. The molecule has 0 saturated heterocycles. The lowest BCUT2D eigenvalue weighted by molar-refractivity contribution is -0.122. The number of amides is 1. The van der Waals surface area contributed by atoms with Gasteiger partial charge in [0.2, 0.25) is 5.91 Å². The normalized spacial score (nSPS) is 12.2. The third kappa shape index (κ3) is 17.0. The van der Waals surface area contributed by atoms with Gasteiger partial charge in [-0.25, -0.2) is 0 Å². The Balaban J connectivity index is 1.58. The summed E-state index contributed by atoms with van der Waals surface area (Å²) in [4.78, 5) is 13.0. The Bertz CT molecular complexity index is 1140. The van der Waals surface area contributed by atoms with Crippen molar-refractivity contribution in [1.82, 2.24) is 5.32 Å². The Labute approximate surface area is 312 Å². The highest BCUT2D eigenvalue weighted by molar-refractivity contribution is 5.75. The van der Waals surface area contributed by atoms with E-state index in [1.54, 1.807) is 0 Å². The van der Waals surface area contributed by atoms with Crippen LogP contribution in [0.1, 0.15) is 165 Å². The number of carbonyl (C=O) groups excluding carboxylic acids is 1. The predicted molar refractivity (Wildman–Crippen MR) is 216 cm³/mol. The van der Waals surface area contributed by atoms with Crippen molar-refractivity contribution in [2.45, 2.75) is 160 Å². The molecular weight excluding hydrogens is 627 g/mol. The van der Waals surface area contributed by atoms with Crippen molar-refractivity contribution in [3.63, 3.8) is 0 Å². The molecule has 0 bridgehead atoms. The number of hydrogen-bond acceptors (Lipinski definition) is 3. The van der Waals surface area contributed by atoms with Crippen molar-refractivity contribution >= 4 is 5.91 Å². The van der Waals surface area contributed by atoms with Crippen LogP contribution in [0.3, 0.4) is 0 Å². The molecule has 0 spiro atoms. The maximum absolute atomic E-state index is 13.0. The van der Waals surface area contributed by atoms with E-state index in [0.29, 0.717) is 26.2 Å². The molecule has 1 amide bonds. The van der Waals surface area contributed by atoms with E-state index >= 15 is 0 Å². The van der Waals surface area contributed by atoms with Crippen LogP contribution in [0.15, 0.2) is 91.0 Å². The van der Waals surface area contributed by atoms with Crippen LogP contribution in [0.5, 0.6) is 0 Å². The summed E-state index contributed by atoms with van der Waals surface area (Å²) >= 11 is 0. The van der Waals surface area contributed by atoms with Crippen molar-refractivity contribution < 1.29 is 14.3 Å². The van der Waals surface area contributed by atoms with Crippen molar-refractivity contribution in [1.29, 1.82) is 0 Å². The van der Waals surface area contributed by atoms with Crippen LogP contribution in [-0.2, 0) is 19.9 Å². The smallest absolute Gasteiger partial charge is 0.220 e. The zero-order valence-electron chi connectivity index (χ0n) is 32.4. The molecule has 0 aliphatic heterocycles. The van der Waals surface area contributed by atoms with Crippen molar-refractivity contribution in [2.75, 3.05) is 19.8 Å². The van der Waals surface area contributed by atoms with Crippen LogP contribution < -0.4 is 5.32 Å². The minimum Gasteiger partial charge on any atom is -0.374 e. The van der Waals surface area contributed by atoms with E-state index in [-0.39, 0.29) is 12.0 Å². The fourth-order valence-electron chi connectivity index (χ4n) is 7.08. The summed E-state index contributed by atoms with van der Waals surface area (Å²) in [5.41, 5.74) is 2.39. The quantitative estimate of drug-likeness (QED) is 0.0538. The fourth-order valence-corrected chi connectivity index (χ4v) is 7.08. The van der Waals surface area contributed by atoms with Gasteiger partial charge in [0.15, 0.2) is 0 Å². The Morgan fingerprint density at radius 3 is 1.31 bits per heavy atom. The second-order valence-electron chi connectivity index (χ2n) is 14.5. The summed E-state index contributed by atoms with van der Waals surface area (Å²) in [5, 5.41) is 3.22. The van der Waals surface area contributed by atoms with Gasteiger partial charge in [-0.05, 0) is 29.5 Å². The minimum atomic E-state index is -0.817. The predicted octanol–water partition coefficient (Wildman–Crippen LogP) is 12.7. The zero-order valence-corrected chi connectivity index (χ0v) is 32.4. The summed E-state index contributed by atoms with van der Waals surface area (Å²) in [6.45, 7) is 6.02. The van der Waals surface area contributed by atoms with Crippen LogP contribution in [0.2, 0.25) is 0 Å². The number of nitrogens with one attached hydrogen (secondary N) is 1. The largest absolute Gasteiger partial charge is 0.374 e. The zero-order chi connectivity index (χ0) is 36.1. The summed E-state index contributed by atoms with van der Waals surface area (Å²) in [6.07, 6.45) is 25.9. The van der Waals surface area contributed by atoms with Crippen molar-refractivity contribution in [3.05, 3.63) is 108 Å². The molecule has 0 aromatic heterocycles. The third-order valence-corrected chi connectivity index (χ3v) is 10.2. The first-order valence-electron chi connectivity index (χ1n) is 20.9. The molecule has 0 heterocycles. The Kier molecular flexibility index (Phi) is 23.0. The SMILES string of the molecule is CCCCCCCCCCCCCC(=O)NCC(COC(c1ccccc1)(c1ccccc1)c1ccccc1)OCCCCCCCCCCC. The fraction of sp³-hybridized carbons (Fsp3) is 0.596. The van der Waals surface area contributed by atoms with Crippen molar-refractivity contribution in [2.24, 2.45) is 0 Å². The van der Waals surface area contributed by atoms with Crippen molar-refractivity contribution in [3.8, 4) is 0 Å². The maximum Gasteiger partial charge on any atom is 0.220 e. The number of benzene rings is 3. The molecule has 0 aliphatic rings. The molecule has 0 radical (unpaired) electrons. The molecule has 1 atom stereocenters. The van der Waals surface area contributed by atoms with E-state index in [1.807, 2.05) is 18.2 Å². The molecule has 3 rings (SSSR count). The van der Waals surface area contributed by atoms with Gasteiger partial charge in [0, 0.05) is 19.6 Å². The number of carbonyl (C=O) groups is 1. The molecule has 3 aromatic carbocycles. The topological polar surface area (TPSA) is 47.6 Å². The van der Waals surface area contributed by atoms with Gasteiger partial charge < -0.3 is 14.8 Å². The number of unbranched alkanes of at least 4 members (excludes halogenated alkanes) is 18. The Morgan fingerprint density at radius 2 is 0.902 bits per heavy atom. The Hall–Kier alpha value is -2.95. The van der Waals surface area contributed by atoms with Gasteiger partial charge in [-0.15, -0.1) is 0 Å². The Morgan fingerprint density at radius 1 is 0.529 bits per heavy atom. The van der Waals surface area contributed by atoms with Crippen LogP contribution in [-0.4, -0.2) is 31.8 Å². The number of ether oxygens (including phenoxy) is 2. The van der Waals surface area contributed by atoms with Gasteiger partial charge in [-0.1, -0.05) is 220 Å². The van der Waals surface area contributed by atoms with Gasteiger partial charge >= 0.3 is 0 Å². The third-order valence-electron chi connectivity index (χ3n) is 10.2. The minimum absolute atomic E-state index is 0.114. The highest BCUT2D eigenvalue weighted by atomic mass is 16.5. The molecule has 4 heteroatoms. The molecule has 0 fully saturated rings. The van der Waals surface area contributed by atoms with Gasteiger partial charge in [0.1, 0.15) is 5.60 Å². The van der Waals surface area contributed by atoms with E-state index in [0.717, 1.165) is 36.0 Å². The summed E-state index contributed by atoms with van der Waals surface area (Å²) in [6, 6.07) is 31.5.